The summed E-state index contributed by atoms with van der Waals surface area (Å²) in [5.74, 6) is 0.367. The number of carbonyl (C=O) groups excluding carboxylic acids is 1. The lowest BCUT2D eigenvalue weighted by Gasteiger charge is -2.10. The third kappa shape index (κ3) is 2.46. The molecule has 0 aliphatic carbocycles. The number of carbonyl (C=O) groups is 1. The predicted molar refractivity (Wildman–Crippen MR) is 58.9 cm³/mol. The molecule has 1 amide bonds. The van der Waals surface area contributed by atoms with E-state index in [4.69, 9.17) is 11.6 Å². The molecule has 1 atom stereocenters. The highest BCUT2D eigenvalue weighted by Gasteiger charge is 2.22. The molecule has 1 aromatic heterocycles. The quantitative estimate of drug-likeness (QED) is 0.801. The first kappa shape index (κ1) is 10.4. The first-order chi connectivity index (χ1) is 7.27. The fraction of sp³-hybridized carbons (Fsp3) is 0.400. The molecule has 1 aromatic rings. The van der Waals surface area contributed by atoms with E-state index in [0.29, 0.717) is 10.8 Å². The summed E-state index contributed by atoms with van der Waals surface area (Å²) in [5, 5.41) is 6.28. The second-order valence-corrected chi connectivity index (χ2v) is 3.88. The van der Waals surface area contributed by atoms with Crippen LogP contribution in [0.5, 0.6) is 0 Å². The Morgan fingerprint density at radius 2 is 2.53 bits per heavy atom. The first-order valence-corrected chi connectivity index (χ1v) is 5.30. The Labute approximate surface area is 93.0 Å². The van der Waals surface area contributed by atoms with E-state index in [0.717, 1.165) is 19.4 Å². The Kier molecular flexibility index (Phi) is 3.18. The molecular weight excluding hydrogens is 214 g/mol. The van der Waals surface area contributed by atoms with Gasteiger partial charge in [-0.1, -0.05) is 11.6 Å². The van der Waals surface area contributed by atoms with E-state index >= 15 is 0 Å². The van der Waals surface area contributed by atoms with Gasteiger partial charge in [0.25, 0.3) is 0 Å². The summed E-state index contributed by atoms with van der Waals surface area (Å²) in [6, 6.07) is 3.32. The maximum Gasteiger partial charge on any atom is 0.242 e. The van der Waals surface area contributed by atoms with E-state index in [-0.39, 0.29) is 11.9 Å². The van der Waals surface area contributed by atoms with Crippen molar-refractivity contribution in [2.75, 3.05) is 11.9 Å². The van der Waals surface area contributed by atoms with Crippen molar-refractivity contribution < 1.29 is 4.79 Å². The highest BCUT2D eigenvalue weighted by atomic mass is 35.5. The van der Waals surface area contributed by atoms with E-state index < -0.39 is 0 Å². The van der Waals surface area contributed by atoms with Gasteiger partial charge in [-0.2, -0.15) is 0 Å². The Morgan fingerprint density at radius 1 is 1.67 bits per heavy atom. The molecule has 0 spiro atoms. The van der Waals surface area contributed by atoms with Gasteiger partial charge >= 0.3 is 0 Å². The van der Waals surface area contributed by atoms with Crippen LogP contribution in [0.2, 0.25) is 5.02 Å². The van der Waals surface area contributed by atoms with E-state index in [2.05, 4.69) is 15.6 Å². The van der Waals surface area contributed by atoms with Crippen LogP contribution >= 0.6 is 11.6 Å². The number of nitrogens with zero attached hydrogens (tertiary/aromatic N) is 1. The van der Waals surface area contributed by atoms with Crippen molar-refractivity contribution in [2.24, 2.45) is 0 Å². The molecule has 1 fully saturated rings. The summed E-state index contributed by atoms with van der Waals surface area (Å²) in [5.41, 5.74) is 0. The fourth-order valence-corrected chi connectivity index (χ4v) is 1.76. The summed E-state index contributed by atoms with van der Waals surface area (Å²) < 4.78 is 0. The lowest BCUT2D eigenvalue weighted by atomic mass is 10.2. The third-order valence-electron chi connectivity index (χ3n) is 2.38. The Hall–Kier alpha value is -1.13. The van der Waals surface area contributed by atoms with Crippen LogP contribution < -0.4 is 10.6 Å². The van der Waals surface area contributed by atoms with Crippen LogP contribution in [-0.4, -0.2) is 23.5 Å². The normalized spacial score (nSPS) is 20.2. The van der Waals surface area contributed by atoms with Crippen LogP contribution in [0.25, 0.3) is 0 Å². The topological polar surface area (TPSA) is 54.0 Å². The summed E-state index contributed by atoms with van der Waals surface area (Å²) >= 11 is 5.88. The second-order valence-electron chi connectivity index (χ2n) is 3.47. The molecule has 15 heavy (non-hydrogen) atoms. The standard InChI is InChI=1S/C10H12ClN3O/c11-7-3-1-6-13-9(7)14-10(15)8-4-2-5-12-8/h1,3,6,8,12H,2,4-5H2,(H,13,14,15)/t8-/m0/s1. The van der Waals surface area contributed by atoms with Crippen LogP contribution in [0.3, 0.4) is 0 Å². The second kappa shape index (κ2) is 4.59. The number of rotatable bonds is 2. The monoisotopic (exact) mass is 225 g/mol. The van der Waals surface area contributed by atoms with Crippen molar-refractivity contribution in [2.45, 2.75) is 18.9 Å². The molecule has 1 aliphatic rings. The molecule has 1 aliphatic heterocycles. The van der Waals surface area contributed by atoms with E-state index in [9.17, 15) is 4.79 Å². The fourth-order valence-electron chi connectivity index (χ4n) is 1.59. The first-order valence-electron chi connectivity index (χ1n) is 4.92. The molecular formula is C10H12ClN3O. The van der Waals surface area contributed by atoms with Gasteiger partial charge in [0.2, 0.25) is 5.91 Å². The van der Waals surface area contributed by atoms with Crippen molar-refractivity contribution in [3.63, 3.8) is 0 Å². The molecule has 2 N–H and O–H groups in total. The molecule has 0 unspecified atom stereocenters. The van der Waals surface area contributed by atoms with Gasteiger partial charge in [-0.05, 0) is 31.5 Å². The molecule has 4 nitrogen and oxygen atoms in total. The van der Waals surface area contributed by atoms with Crippen molar-refractivity contribution in [3.05, 3.63) is 23.4 Å². The minimum absolute atomic E-state index is 0.0619. The lowest BCUT2D eigenvalue weighted by molar-refractivity contribution is -0.117. The van der Waals surface area contributed by atoms with Crippen LogP contribution in [0.4, 0.5) is 5.82 Å². The summed E-state index contributed by atoms with van der Waals surface area (Å²) in [6.45, 7) is 0.897. The molecule has 5 heteroatoms. The van der Waals surface area contributed by atoms with Gasteiger partial charge in [0.15, 0.2) is 5.82 Å². The van der Waals surface area contributed by atoms with Crippen molar-refractivity contribution in [3.8, 4) is 0 Å². The highest BCUT2D eigenvalue weighted by molar-refractivity contribution is 6.33. The number of hydrogen-bond donors (Lipinski definition) is 2. The van der Waals surface area contributed by atoms with E-state index in [1.54, 1.807) is 18.3 Å². The zero-order valence-corrected chi connectivity index (χ0v) is 8.92. The molecule has 2 rings (SSSR count). The minimum Gasteiger partial charge on any atom is -0.308 e. The van der Waals surface area contributed by atoms with Gasteiger partial charge in [0, 0.05) is 6.20 Å². The van der Waals surface area contributed by atoms with Crippen molar-refractivity contribution in [1.82, 2.24) is 10.3 Å². The van der Waals surface area contributed by atoms with Gasteiger partial charge in [0.05, 0.1) is 11.1 Å². The van der Waals surface area contributed by atoms with Crippen LogP contribution in [0, 0.1) is 0 Å². The lowest BCUT2D eigenvalue weighted by Crippen LogP contribution is -2.35. The van der Waals surface area contributed by atoms with E-state index in [1.165, 1.54) is 0 Å². The highest BCUT2D eigenvalue weighted by Crippen LogP contribution is 2.18. The Bertz CT molecular complexity index is 363. The molecule has 0 aromatic carbocycles. The molecule has 1 saturated heterocycles. The minimum atomic E-state index is -0.108. The zero-order valence-electron chi connectivity index (χ0n) is 8.16. The number of anilines is 1. The summed E-state index contributed by atoms with van der Waals surface area (Å²) in [7, 11) is 0. The smallest absolute Gasteiger partial charge is 0.242 e. The van der Waals surface area contributed by atoms with Crippen molar-refractivity contribution in [1.29, 1.82) is 0 Å². The summed E-state index contributed by atoms with van der Waals surface area (Å²) in [6.07, 6.45) is 3.51. The summed E-state index contributed by atoms with van der Waals surface area (Å²) in [4.78, 5) is 15.7. The van der Waals surface area contributed by atoms with Gasteiger partial charge in [0.1, 0.15) is 0 Å². The third-order valence-corrected chi connectivity index (χ3v) is 2.68. The Morgan fingerprint density at radius 3 is 3.20 bits per heavy atom. The predicted octanol–water partition coefficient (Wildman–Crippen LogP) is 1.43. The van der Waals surface area contributed by atoms with Crippen LogP contribution in [0.1, 0.15) is 12.8 Å². The number of nitrogens with one attached hydrogen (secondary N) is 2. The number of amides is 1. The maximum absolute atomic E-state index is 11.7. The van der Waals surface area contributed by atoms with Gasteiger partial charge < -0.3 is 10.6 Å². The van der Waals surface area contributed by atoms with Crippen molar-refractivity contribution >= 4 is 23.3 Å². The van der Waals surface area contributed by atoms with E-state index in [1.807, 2.05) is 0 Å². The SMILES string of the molecule is O=C(Nc1ncccc1Cl)[C@@H]1CCCN1. The molecule has 0 radical (unpaired) electrons. The van der Waals surface area contributed by atoms with Crippen LogP contribution in [-0.2, 0) is 4.79 Å². The number of pyridine rings is 1. The van der Waals surface area contributed by atoms with Crippen LogP contribution in [0.15, 0.2) is 18.3 Å². The molecule has 80 valence electrons. The average molecular weight is 226 g/mol. The van der Waals surface area contributed by atoms with Gasteiger partial charge in [-0.3, -0.25) is 4.79 Å². The molecule has 0 saturated carbocycles. The largest absolute Gasteiger partial charge is 0.308 e. The van der Waals surface area contributed by atoms with Gasteiger partial charge in [-0.25, -0.2) is 4.98 Å². The molecule has 2 heterocycles. The van der Waals surface area contributed by atoms with Gasteiger partial charge in [-0.15, -0.1) is 0 Å². The zero-order chi connectivity index (χ0) is 10.7. The number of hydrogen-bond acceptors (Lipinski definition) is 3. The average Bonchev–Trinajstić information content (AvgIpc) is 2.74. The molecule has 0 bridgehead atoms. The number of aromatic nitrogens is 1. The Balaban J connectivity index is 2.02. The maximum atomic E-state index is 11.7. The number of halogens is 1.